The van der Waals surface area contributed by atoms with Crippen molar-refractivity contribution >= 4 is 44.8 Å². The van der Waals surface area contributed by atoms with Crippen molar-refractivity contribution in [1.29, 1.82) is 0 Å². The molecule has 0 bridgehead atoms. The first kappa shape index (κ1) is 28.5. The first-order valence-corrected chi connectivity index (χ1v) is 14.6. The number of anilines is 2. The van der Waals surface area contributed by atoms with Crippen molar-refractivity contribution in [2.24, 2.45) is 0 Å². The van der Waals surface area contributed by atoms with Gasteiger partial charge in [-0.3, -0.25) is 19.8 Å². The number of rotatable bonds is 14. The molecule has 0 spiro atoms. The second kappa shape index (κ2) is 14.6. The molecule has 2 aromatic heterocycles. The van der Waals surface area contributed by atoms with Gasteiger partial charge in [0, 0.05) is 19.3 Å². The van der Waals surface area contributed by atoms with Crippen molar-refractivity contribution < 1.29 is 9.59 Å². The van der Waals surface area contributed by atoms with Gasteiger partial charge in [-0.25, -0.2) is 0 Å². The van der Waals surface area contributed by atoms with Crippen molar-refractivity contribution in [2.45, 2.75) is 51.0 Å². The van der Waals surface area contributed by atoms with E-state index in [9.17, 15) is 9.59 Å². The van der Waals surface area contributed by atoms with Crippen LogP contribution < -0.4 is 10.6 Å². The molecule has 4 aromatic rings. The maximum atomic E-state index is 12.9. The van der Waals surface area contributed by atoms with E-state index >= 15 is 0 Å². The lowest BCUT2D eigenvalue weighted by Gasteiger charge is -2.22. The van der Waals surface area contributed by atoms with Crippen LogP contribution >= 0.6 is 22.7 Å². The largest absolute Gasteiger partial charge is 0.301 e. The first-order valence-electron chi connectivity index (χ1n) is 13.0. The number of hydrogen-bond donors (Lipinski definition) is 2. The number of aromatic nitrogens is 4. The fourth-order valence-corrected chi connectivity index (χ4v) is 5.57. The van der Waals surface area contributed by atoms with Gasteiger partial charge in [0.2, 0.25) is 22.1 Å². The van der Waals surface area contributed by atoms with E-state index in [4.69, 9.17) is 0 Å². The van der Waals surface area contributed by atoms with Gasteiger partial charge in [0.25, 0.3) is 0 Å². The van der Waals surface area contributed by atoms with E-state index in [0.29, 0.717) is 29.5 Å². The van der Waals surface area contributed by atoms with E-state index in [0.717, 1.165) is 46.8 Å². The molecule has 1 unspecified atom stereocenters. The fourth-order valence-electron chi connectivity index (χ4n) is 3.98. The van der Waals surface area contributed by atoms with Crippen LogP contribution in [0.1, 0.15) is 40.4 Å². The summed E-state index contributed by atoms with van der Waals surface area (Å²) in [5, 5.41) is 25.3. The van der Waals surface area contributed by atoms with Gasteiger partial charge in [-0.15, -0.1) is 20.4 Å². The maximum Gasteiger partial charge on any atom is 0.243 e. The monoisotopic (exact) mass is 563 g/mol. The average Bonchev–Trinajstić information content (AvgIpc) is 3.58. The Morgan fingerprint density at radius 1 is 0.744 bits per heavy atom. The molecule has 0 saturated carbocycles. The predicted octanol–water partition coefficient (Wildman–Crippen LogP) is 4.64. The van der Waals surface area contributed by atoms with E-state index in [1.807, 2.05) is 79.7 Å². The van der Waals surface area contributed by atoms with Gasteiger partial charge in [-0.2, -0.15) is 0 Å². The van der Waals surface area contributed by atoms with Gasteiger partial charge in [0.1, 0.15) is 10.0 Å². The number of hydrogen-bond acceptors (Lipinski definition) is 9. The highest BCUT2D eigenvalue weighted by Gasteiger charge is 2.22. The third-order valence-corrected chi connectivity index (χ3v) is 7.92. The lowest BCUT2D eigenvalue weighted by molar-refractivity contribution is -0.120. The van der Waals surface area contributed by atoms with Crippen LogP contribution in [0.3, 0.4) is 0 Å². The molecule has 0 aliphatic rings. The summed E-state index contributed by atoms with van der Waals surface area (Å²) in [6.45, 7) is 0. The van der Waals surface area contributed by atoms with Crippen LogP contribution in [0.4, 0.5) is 10.3 Å². The second-order valence-electron chi connectivity index (χ2n) is 9.40. The van der Waals surface area contributed by atoms with Gasteiger partial charge in [0.05, 0.1) is 6.04 Å². The van der Waals surface area contributed by atoms with Crippen LogP contribution in [-0.2, 0) is 35.3 Å². The number of aryl methyl sites for hydroxylation is 3. The van der Waals surface area contributed by atoms with Crippen molar-refractivity contribution in [3.8, 4) is 0 Å². The Morgan fingerprint density at radius 3 is 1.85 bits per heavy atom. The fraction of sp³-hybridized carbons (Fsp3) is 0.357. The molecular formula is C28H33N7O2S2. The van der Waals surface area contributed by atoms with Crippen molar-refractivity contribution in [3.05, 3.63) is 81.8 Å². The number of carbonyl (C=O) groups is 2. The SMILES string of the molecule is CN(C)C(Cc1ccccc1)C(=O)Nc1nnc(CCCCc2nnc(NC(=O)CCc3ccccc3)s2)s1. The minimum atomic E-state index is -0.301. The molecule has 0 radical (unpaired) electrons. The number of carbonyl (C=O) groups excluding carboxylic acids is 2. The Balaban J connectivity index is 1.16. The molecule has 9 nitrogen and oxygen atoms in total. The van der Waals surface area contributed by atoms with Crippen LogP contribution in [0.15, 0.2) is 60.7 Å². The van der Waals surface area contributed by atoms with E-state index in [1.165, 1.54) is 22.7 Å². The summed E-state index contributed by atoms with van der Waals surface area (Å²) in [4.78, 5) is 27.0. The smallest absolute Gasteiger partial charge is 0.243 e. The van der Waals surface area contributed by atoms with Gasteiger partial charge < -0.3 is 5.32 Å². The first-order chi connectivity index (χ1) is 19.0. The molecule has 2 aromatic carbocycles. The number of amides is 2. The van der Waals surface area contributed by atoms with Crippen LogP contribution in [0, 0.1) is 0 Å². The van der Waals surface area contributed by atoms with Gasteiger partial charge in [-0.1, -0.05) is 83.3 Å². The van der Waals surface area contributed by atoms with Gasteiger partial charge in [-0.05, 0) is 50.9 Å². The zero-order valence-electron chi connectivity index (χ0n) is 22.2. The zero-order valence-corrected chi connectivity index (χ0v) is 23.8. The molecule has 0 fully saturated rings. The minimum Gasteiger partial charge on any atom is -0.301 e. The molecule has 0 aliphatic heterocycles. The Bertz CT molecular complexity index is 1330. The molecule has 0 aliphatic carbocycles. The zero-order chi connectivity index (χ0) is 27.5. The Hall–Kier alpha value is -3.54. The number of nitrogens with zero attached hydrogens (tertiary/aromatic N) is 5. The summed E-state index contributed by atoms with van der Waals surface area (Å²) < 4.78 is 0. The van der Waals surface area contributed by atoms with Crippen LogP contribution in [-0.4, -0.2) is 57.2 Å². The second-order valence-corrected chi connectivity index (χ2v) is 11.5. The summed E-state index contributed by atoms with van der Waals surface area (Å²) >= 11 is 2.83. The van der Waals surface area contributed by atoms with E-state index in [-0.39, 0.29) is 17.9 Å². The minimum absolute atomic E-state index is 0.0577. The van der Waals surface area contributed by atoms with Crippen molar-refractivity contribution in [1.82, 2.24) is 25.3 Å². The van der Waals surface area contributed by atoms with Gasteiger partial charge in [0.15, 0.2) is 0 Å². The van der Waals surface area contributed by atoms with Crippen molar-refractivity contribution in [2.75, 3.05) is 24.7 Å². The molecule has 2 amide bonds. The van der Waals surface area contributed by atoms with Crippen LogP contribution in [0.2, 0.25) is 0 Å². The topological polar surface area (TPSA) is 113 Å². The van der Waals surface area contributed by atoms with Crippen LogP contribution in [0.5, 0.6) is 0 Å². The predicted molar refractivity (Wildman–Crippen MR) is 156 cm³/mol. The summed E-state index contributed by atoms with van der Waals surface area (Å²) in [5.74, 6) is -0.150. The highest BCUT2D eigenvalue weighted by molar-refractivity contribution is 7.15. The Labute approximate surface area is 236 Å². The third kappa shape index (κ3) is 9.31. The van der Waals surface area contributed by atoms with E-state index < -0.39 is 0 Å². The highest BCUT2D eigenvalue weighted by Crippen LogP contribution is 2.21. The molecular weight excluding hydrogens is 530 g/mol. The number of unbranched alkanes of at least 4 members (excludes halogenated alkanes) is 1. The summed E-state index contributed by atoms with van der Waals surface area (Å²) in [5.41, 5.74) is 2.24. The highest BCUT2D eigenvalue weighted by atomic mass is 32.1. The molecule has 11 heteroatoms. The van der Waals surface area contributed by atoms with Crippen LogP contribution in [0.25, 0.3) is 0 Å². The normalized spacial score (nSPS) is 11.9. The maximum absolute atomic E-state index is 12.9. The molecule has 2 N–H and O–H groups in total. The molecule has 204 valence electrons. The van der Waals surface area contributed by atoms with Gasteiger partial charge >= 0.3 is 0 Å². The summed E-state index contributed by atoms with van der Waals surface area (Å²) in [6.07, 6.45) is 5.11. The summed E-state index contributed by atoms with van der Waals surface area (Å²) in [7, 11) is 3.80. The summed E-state index contributed by atoms with van der Waals surface area (Å²) in [6, 6.07) is 19.6. The van der Waals surface area contributed by atoms with E-state index in [2.05, 4.69) is 31.0 Å². The third-order valence-electron chi connectivity index (χ3n) is 6.12. The van der Waals surface area contributed by atoms with Crippen molar-refractivity contribution in [3.63, 3.8) is 0 Å². The molecule has 0 saturated heterocycles. The quantitative estimate of drug-likeness (QED) is 0.215. The molecule has 4 rings (SSSR count). The molecule has 1 atom stereocenters. The Morgan fingerprint density at radius 2 is 1.28 bits per heavy atom. The Kier molecular flexibility index (Phi) is 10.6. The molecule has 39 heavy (non-hydrogen) atoms. The number of nitrogens with one attached hydrogen (secondary N) is 2. The average molecular weight is 564 g/mol. The van der Waals surface area contributed by atoms with E-state index in [1.54, 1.807) is 0 Å². The lowest BCUT2D eigenvalue weighted by Crippen LogP contribution is -2.41. The lowest BCUT2D eigenvalue weighted by atomic mass is 10.0. The molecule has 2 heterocycles. The number of likely N-dealkylation sites (N-methyl/N-ethyl adjacent to an activating group) is 1. The standard InChI is InChI=1S/C28H33N7O2S2/c1-35(2)22(19-21-13-7-4-8-14-21)26(37)30-28-34-32-25(39-28)16-10-9-15-24-31-33-27(38-24)29-23(36)18-17-20-11-5-3-6-12-20/h3-8,11-14,22H,9-10,15-19H2,1-2H3,(H,29,33,36)(H,30,34,37). The number of benzene rings is 2.